The van der Waals surface area contributed by atoms with Crippen molar-refractivity contribution in [1.82, 2.24) is 15.0 Å². The number of H-pyrrole nitrogens is 1. The Balaban J connectivity index is 2.62. The number of nitrogens with one attached hydrogen (secondary N) is 1. The van der Waals surface area contributed by atoms with Gasteiger partial charge in [-0.05, 0) is 28.4 Å². The summed E-state index contributed by atoms with van der Waals surface area (Å²) in [6.07, 6.45) is 5.84. The van der Waals surface area contributed by atoms with E-state index in [0.717, 1.165) is 6.42 Å². The predicted molar refractivity (Wildman–Crippen MR) is 62.5 cm³/mol. The molecule has 78 valence electrons. The van der Waals surface area contributed by atoms with Crippen LogP contribution in [0.15, 0.2) is 23.1 Å². The second kappa shape index (κ2) is 4.02. The monoisotopic (exact) mass is 267 g/mol. The molecule has 0 fully saturated rings. The Morgan fingerprint density at radius 3 is 3.20 bits per heavy atom. The van der Waals surface area contributed by atoms with Crippen molar-refractivity contribution in [3.63, 3.8) is 0 Å². The van der Waals surface area contributed by atoms with Gasteiger partial charge in [0.2, 0.25) is 0 Å². The molecule has 4 nitrogen and oxygen atoms in total. The third-order valence-corrected chi connectivity index (χ3v) is 2.41. The molecule has 2 aromatic heterocycles. The SMILES string of the molecule is CC/C=C(\O)c1c[nH]c2ncc(Br)nc12. The topological polar surface area (TPSA) is 61.8 Å². The van der Waals surface area contributed by atoms with Crippen molar-refractivity contribution >= 4 is 32.9 Å². The summed E-state index contributed by atoms with van der Waals surface area (Å²) in [5.74, 6) is 0.233. The summed E-state index contributed by atoms with van der Waals surface area (Å²) in [6, 6.07) is 0. The van der Waals surface area contributed by atoms with Crippen molar-refractivity contribution in [3.05, 3.63) is 28.6 Å². The molecule has 0 aliphatic rings. The number of hydrogen-bond donors (Lipinski definition) is 2. The van der Waals surface area contributed by atoms with Crippen LogP contribution in [0.5, 0.6) is 0 Å². The maximum Gasteiger partial charge on any atom is 0.156 e. The number of aromatic amines is 1. The van der Waals surface area contributed by atoms with E-state index < -0.39 is 0 Å². The number of aliphatic hydroxyl groups excluding tert-OH is 1. The second-order valence-corrected chi connectivity index (χ2v) is 3.90. The fourth-order valence-corrected chi connectivity index (χ4v) is 1.65. The number of fused-ring (bicyclic) bond motifs is 1. The van der Waals surface area contributed by atoms with Crippen LogP contribution in [-0.4, -0.2) is 20.1 Å². The Morgan fingerprint density at radius 1 is 1.67 bits per heavy atom. The minimum atomic E-state index is 0.233. The summed E-state index contributed by atoms with van der Waals surface area (Å²) >= 11 is 3.25. The van der Waals surface area contributed by atoms with E-state index in [9.17, 15) is 5.11 Å². The molecular weight excluding hydrogens is 258 g/mol. The van der Waals surface area contributed by atoms with E-state index in [1.54, 1.807) is 18.5 Å². The summed E-state index contributed by atoms with van der Waals surface area (Å²) in [7, 11) is 0. The van der Waals surface area contributed by atoms with Crippen molar-refractivity contribution in [3.8, 4) is 0 Å². The number of nitrogens with zero attached hydrogens (tertiary/aromatic N) is 2. The molecule has 15 heavy (non-hydrogen) atoms. The molecule has 2 heterocycles. The lowest BCUT2D eigenvalue weighted by Crippen LogP contribution is -1.85. The van der Waals surface area contributed by atoms with Gasteiger partial charge in [-0.2, -0.15) is 0 Å². The molecule has 0 aliphatic carbocycles. The molecule has 0 saturated carbocycles. The van der Waals surface area contributed by atoms with Gasteiger partial charge in [-0.25, -0.2) is 9.97 Å². The third kappa shape index (κ3) is 1.87. The van der Waals surface area contributed by atoms with Gasteiger partial charge in [0.05, 0.1) is 11.8 Å². The first-order valence-corrected chi connectivity index (χ1v) is 5.40. The zero-order chi connectivity index (χ0) is 10.8. The van der Waals surface area contributed by atoms with Crippen molar-refractivity contribution in [2.24, 2.45) is 0 Å². The van der Waals surface area contributed by atoms with Crippen LogP contribution in [0.1, 0.15) is 18.9 Å². The van der Waals surface area contributed by atoms with E-state index >= 15 is 0 Å². The molecule has 0 saturated heterocycles. The lowest BCUT2D eigenvalue weighted by atomic mass is 10.2. The van der Waals surface area contributed by atoms with Crippen LogP contribution in [0.4, 0.5) is 0 Å². The average Bonchev–Trinajstić information content (AvgIpc) is 2.60. The highest BCUT2D eigenvalue weighted by Gasteiger charge is 2.09. The minimum Gasteiger partial charge on any atom is -0.508 e. The summed E-state index contributed by atoms with van der Waals surface area (Å²) in [5.41, 5.74) is 2.02. The largest absolute Gasteiger partial charge is 0.508 e. The van der Waals surface area contributed by atoms with E-state index in [-0.39, 0.29) is 5.76 Å². The van der Waals surface area contributed by atoms with Gasteiger partial charge in [0, 0.05) is 6.20 Å². The van der Waals surface area contributed by atoms with Gasteiger partial charge < -0.3 is 10.1 Å². The zero-order valence-electron chi connectivity index (χ0n) is 8.16. The van der Waals surface area contributed by atoms with Gasteiger partial charge >= 0.3 is 0 Å². The quantitative estimate of drug-likeness (QED) is 0.823. The average molecular weight is 268 g/mol. The number of aromatic nitrogens is 3. The van der Waals surface area contributed by atoms with Crippen molar-refractivity contribution in [2.75, 3.05) is 0 Å². The van der Waals surface area contributed by atoms with Crippen molar-refractivity contribution in [1.29, 1.82) is 0 Å². The first-order chi connectivity index (χ1) is 7.22. The van der Waals surface area contributed by atoms with Gasteiger partial charge in [0.1, 0.15) is 15.9 Å². The number of hydrogen-bond acceptors (Lipinski definition) is 3. The molecule has 0 atom stereocenters. The standard InChI is InChI=1S/C10H10BrN3O/c1-2-3-7(15)6-4-12-10-9(6)14-8(11)5-13-10/h3-5,15H,2H2,1H3,(H,12,13)/b7-3-. The smallest absolute Gasteiger partial charge is 0.156 e. The Kier molecular flexibility index (Phi) is 2.73. The van der Waals surface area contributed by atoms with Gasteiger partial charge in [-0.15, -0.1) is 0 Å². The highest BCUT2D eigenvalue weighted by molar-refractivity contribution is 9.10. The molecule has 0 radical (unpaired) electrons. The number of allylic oxidation sites excluding steroid dienone is 1. The predicted octanol–water partition coefficient (Wildman–Crippen LogP) is 3.03. The lowest BCUT2D eigenvalue weighted by molar-refractivity contribution is 0.510. The molecule has 0 aromatic carbocycles. The van der Waals surface area contributed by atoms with Crippen molar-refractivity contribution in [2.45, 2.75) is 13.3 Å². The van der Waals surface area contributed by atoms with Crippen LogP contribution < -0.4 is 0 Å². The van der Waals surface area contributed by atoms with E-state index in [4.69, 9.17) is 0 Å². The fourth-order valence-electron chi connectivity index (χ4n) is 1.37. The first-order valence-electron chi connectivity index (χ1n) is 4.61. The van der Waals surface area contributed by atoms with Crippen LogP contribution in [0.25, 0.3) is 16.9 Å². The van der Waals surface area contributed by atoms with Crippen molar-refractivity contribution < 1.29 is 5.11 Å². The second-order valence-electron chi connectivity index (χ2n) is 3.09. The number of halogens is 1. The minimum absolute atomic E-state index is 0.233. The normalized spacial score (nSPS) is 12.3. The Bertz CT molecular complexity index is 518. The molecule has 0 bridgehead atoms. The fraction of sp³-hybridized carbons (Fsp3) is 0.200. The van der Waals surface area contributed by atoms with Crippen LogP contribution in [0, 0.1) is 0 Å². The maximum atomic E-state index is 9.76. The van der Waals surface area contributed by atoms with Gasteiger partial charge in [-0.3, -0.25) is 0 Å². The van der Waals surface area contributed by atoms with E-state index in [1.165, 1.54) is 0 Å². The molecule has 2 rings (SSSR count). The maximum absolute atomic E-state index is 9.76. The highest BCUT2D eigenvalue weighted by Crippen LogP contribution is 2.22. The Morgan fingerprint density at radius 2 is 2.47 bits per heavy atom. The van der Waals surface area contributed by atoms with Gasteiger partial charge in [-0.1, -0.05) is 6.92 Å². The van der Waals surface area contributed by atoms with Crippen LogP contribution in [0.3, 0.4) is 0 Å². The molecule has 2 aromatic rings. The lowest BCUT2D eigenvalue weighted by Gasteiger charge is -1.96. The van der Waals surface area contributed by atoms with Crippen LogP contribution in [0.2, 0.25) is 0 Å². The molecule has 2 N–H and O–H groups in total. The third-order valence-electron chi connectivity index (χ3n) is 2.02. The molecular formula is C10H10BrN3O. The van der Waals surface area contributed by atoms with E-state index in [2.05, 4.69) is 30.9 Å². The Labute approximate surface area is 95.2 Å². The molecule has 0 aliphatic heterocycles. The Hall–Kier alpha value is -1.36. The highest BCUT2D eigenvalue weighted by atomic mass is 79.9. The van der Waals surface area contributed by atoms with Crippen LogP contribution in [-0.2, 0) is 0 Å². The molecule has 0 unspecified atom stereocenters. The first kappa shape index (κ1) is 10.2. The summed E-state index contributed by atoms with van der Waals surface area (Å²) in [4.78, 5) is 11.4. The number of rotatable bonds is 2. The van der Waals surface area contributed by atoms with Crippen LogP contribution >= 0.6 is 15.9 Å². The summed E-state index contributed by atoms with van der Waals surface area (Å²) in [6.45, 7) is 1.96. The van der Waals surface area contributed by atoms with E-state index in [0.29, 0.717) is 21.3 Å². The number of aliphatic hydroxyl groups is 1. The molecule has 0 spiro atoms. The summed E-state index contributed by atoms with van der Waals surface area (Å²) in [5, 5.41) is 9.76. The van der Waals surface area contributed by atoms with E-state index in [1.807, 2.05) is 6.92 Å². The zero-order valence-corrected chi connectivity index (χ0v) is 9.74. The molecule has 5 heteroatoms. The molecule has 0 amide bonds. The summed E-state index contributed by atoms with van der Waals surface area (Å²) < 4.78 is 0.653. The van der Waals surface area contributed by atoms with Gasteiger partial charge in [0.15, 0.2) is 5.65 Å². The van der Waals surface area contributed by atoms with Gasteiger partial charge in [0.25, 0.3) is 0 Å².